The molecule has 2 aromatic heterocycles. The smallest absolute Gasteiger partial charge is 0.200 e. The average Bonchev–Trinajstić information content (AvgIpc) is 2.90. The molecule has 5 nitrogen and oxygen atoms in total. The zero-order chi connectivity index (χ0) is 14.8. The average molecular weight is 301 g/mol. The molecule has 0 aliphatic rings. The van der Waals surface area contributed by atoms with Gasteiger partial charge < -0.3 is 9.84 Å². The monoisotopic (exact) mass is 301 g/mol. The second kappa shape index (κ2) is 5.75. The van der Waals surface area contributed by atoms with E-state index in [-0.39, 0.29) is 0 Å². The lowest BCUT2D eigenvalue weighted by Gasteiger charge is -2.15. The number of aliphatic hydroxyl groups is 1. The minimum absolute atomic E-state index is 0.622. The summed E-state index contributed by atoms with van der Waals surface area (Å²) in [7, 11) is 1.60. The van der Waals surface area contributed by atoms with Gasteiger partial charge in [0.25, 0.3) is 0 Å². The SMILES string of the molecule is COc1cccc(Sc2nnc3ccccn23)c1[C@H](C)O. The Labute approximate surface area is 126 Å². The summed E-state index contributed by atoms with van der Waals surface area (Å²) in [6.07, 6.45) is 1.29. The molecule has 0 fully saturated rings. The molecule has 1 atom stereocenters. The maximum absolute atomic E-state index is 10.0. The number of nitrogens with zero attached hydrogens (tertiary/aromatic N) is 3. The van der Waals surface area contributed by atoms with Gasteiger partial charge in [-0.3, -0.25) is 4.40 Å². The number of rotatable bonds is 4. The number of methoxy groups -OCH3 is 1. The van der Waals surface area contributed by atoms with E-state index >= 15 is 0 Å². The van der Waals surface area contributed by atoms with E-state index in [1.807, 2.05) is 47.0 Å². The molecule has 0 saturated carbocycles. The number of fused-ring (bicyclic) bond motifs is 1. The van der Waals surface area contributed by atoms with E-state index in [1.54, 1.807) is 14.0 Å². The van der Waals surface area contributed by atoms with E-state index in [0.717, 1.165) is 21.3 Å². The van der Waals surface area contributed by atoms with Crippen LogP contribution in [0.25, 0.3) is 5.65 Å². The van der Waals surface area contributed by atoms with Crippen LogP contribution in [0.5, 0.6) is 5.75 Å². The van der Waals surface area contributed by atoms with E-state index in [2.05, 4.69) is 10.2 Å². The van der Waals surface area contributed by atoms with E-state index in [1.165, 1.54) is 11.8 Å². The van der Waals surface area contributed by atoms with Crippen molar-refractivity contribution >= 4 is 17.4 Å². The van der Waals surface area contributed by atoms with Gasteiger partial charge in [-0.05, 0) is 43.0 Å². The van der Waals surface area contributed by atoms with Gasteiger partial charge >= 0.3 is 0 Å². The van der Waals surface area contributed by atoms with Gasteiger partial charge in [0.15, 0.2) is 10.8 Å². The van der Waals surface area contributed by atoms with Crippen LogP contribution in [0.4, 0.5) is 0 Å². The summed E-state index contributed by atoms with van der Waals surface area (Å²) in [5, 5.41) is 19.1. The molecule has 0 amide bonds. The third kappa shape index (κ3) is 2.59. The molecule has 2 heterocycles. The first-order chi connectivity index (χ1) is 10.2. The van der Waals surface area contributed by atoms with Crippen LogP contribution in [0, 0.1) is 0 Å². The van der Waals surface area contributed by atoms with Gasteiger partial charge in [-0.15, -0.1) is 10.2 Å². The zero-order valence-electron chi connectivity index (χ0n) is 11.7. The fourth-order valence-electron chi connectivity index (χ4n) is 2.19. The first kappa shape index (κ1) is 13.9. The summed E-state index contributed by atoms with van der Waals surface area (Å²) < 4.78 is 7.25. The molecule has 0 radical (unpaired) electrons. The van der Waals surface area contributed by atoms with Crippen LogP contribution in [-0.2, 0) is 0 Å². The lowest BCUT2D eigenvalue weighted by Crippen LogP contribution is -1.99. The zero-order valence-corrected chi connectivity index (χ0v) is 12.5. The van der Waals surface area contributed by atoms with E-state index in [0.29, 0.717) is 5.75 Å². The van der Waals surface area contributed by atoms with E-state index in [4.69, 9.17) is 4.74 Å². The van der Waals surface area contributed by atoms with Crippen molar-refractivity contribution in [3.8, 4) is 5.75 Å². The molecule has 0 bridgehead atoms. The number of pyridine rings is 1. The molecular weight excluding hydrogens is 286 g/mol. The highest BCUT2D eigenvalue weighted by molar-refractivity contribution is 7.99. The minimum Gasteiger partial charge on any atom is -0.496 e. The van der Waals surface area contributed by atoms with Crippen LogP contribution < -0.4 is 4.74 Å². The van der Waals surface area contributed by atoms with Crippen molar-refractivity contribution in [1.82, 2.24) is 14.6 Å². The van der Waals surface area contributed by atoms with Crippen molar-refractivity contribution in [2.45, 2.75) is 23.1 Å². The van der Waals surface area contributed by atoms with Crippen LogP contribution in [0.15, 0.2) is 52.6 Å². The molecule has 0 aliphatic carbocycles. The van der Waals surface area contributed by atoms with Crippen molar-refractivity contribution in [3.63, 3.8) is 0 Å². The van der Waals surface area contributed by atoms with Crippen LogP contribution in [0.2, 0.25) is 0 Å². The van der Waals surface area contributed by atoms with Crippen molar-refractivity contribution in [3.05, 3.63) is 48.2 Å². The van der Waals surface area contributed by atoms with Crippen LogP contribution in [0.3, 0.4) is 0 Å². The molecule has 108 valence electrons. The topological polar surface area (TPSA) is 59.7 Å². The number of aromatic nitrogens is 3. The fraction of sp³-hybridized carbons (Fsp3) is 0.200. The Morgan fingerprint density at radius 3 is 2.81 bits per heavy atom. The maximum atomic E-state index is 10.0. The quantitative estimate of drug-likeness (QED) is 0.803. The van der Waals surface area contributed by atoms with Crippen LogP contribution in [0.1, 0.15) is 18.6 Å². The molecule has 1 aromatic carbocycles. The van der Waals surface area contributed by atoms with Crippen molar-refractivity contribution < 1.29 is 9.84 Å². The third-order valence-electron chi connectivity index (χ3n) is 3.15. The van der Waals surface area contributed by atoms with E-state index < -0.39 is 6.10 Å². The summed E-state index contributed by atoms with van der Waals surface area (Å²) in [6, 6.07) is 11.4. The Morgan fingerprint density at radius 1 is 1.19 bits per heavy atom. The summed E-state index contributed by atoms with van der Waals surface area (Å²) in [4.78, 5) is 0.905. The first-order valence-electron chi connectivity index (χ1n) is 6.53. The summed E-state index contributed by atoms with van der Waals surface area (Å²) in [5.41, 5.74) is 1.55. The van der Waals surface area contributed by atoms with Gasteiger partial charge in [-0.25, -0.2) is 0 Å². The molecule has 3 rings (SSSR count). The van der Waals surface area contributed by atoms with Crippen molar-refractivity contribution in [1.29, 1.82) is 0 Å². The Hall–Kier alpha value is -2.05. The molecule has 3 aromatic rings. The highest BCUT2D eigenvalue weighted by Gasteiger charge is 2.17. The maximum Gasteiger partial charge on any atom is 0.200 e. The third-order valence-corrected chi connectivity index (χ3v) is 4.18. The Kier molecular flexibility index (Phi) is 3.81. The van der Waals surface area contributed by atoms with Crippen LogP contribution in [-0.4, -0.2) is 26.8 Å². The molecule has 6 heteroatoms. The molecule has 0 unspecified atom stereocenters. The number of ether oxygens (including phenoxy) is 1. The van der Waals surface area contributed by atoms with Gasteiger partial charge in [0.1, 0.15) is 5.75 Å². The molecular formula is C15H15N3O2S. The lowest BCUT2D eigenvalue weighted by atomic mass is 10.1. The molecule has 0 saturated heterocycles. The van der Waals surface area contributed by atoms with Crippen LogP contribution >= 0.6 is 11.8 Å². The highest BCUT2D eigenvalue weighted by Crippen LogP contribution is 2.37. The summed E-state index contributed by atoms with van der Waals surface area (Å²) in [5.74, 6) is 0.670. The first-order valence-corrected chi connectivity index (χ1v) is 7.35. The Bertz CT molecular complexity index is 770. The predicted molar refractivity (Wildman–Crippen MR) is 80.7 cm³/mol. The normalized spacial score (nSPS) is 12.5. The lowest BCUT2D eigenvalue weighted by molar-refractivity contribution is 0.191. The van der Waals surface area contributed by atoms with Crippen molar-refractivity contribution in [2.24, 2.45) is 0 Å². The van der Waals surface area contributed by atoms with Gasteiger partial charge in [-0.2, -0.15) is 0 Å². The summed E-state index contributed by atoms with van der Waals surface area (Å²) >= 11 is 1.46. The van der Waals surface area contributed by atoms with Gasteiger partial charge in [0.05, 0.1) is 13.2 Å². The predicted octanol–water partition coefficient (Wildman–Crippen LogP) is 2.94. The number of hydrogen-bond donors (Lipinski definition) is 1. The second-order valence-corrected chi connectivity index (χ2v) is 5.57. The highest BCUT2D eigenvalue weighted by atomic mass is 32.2. The van der Waals surface area contributed by atoms with Crippen molar-refractivity contribution in [2.75, 3.05) is 7.11 Å². The molecule has 0 spiro atoms. The number of aliphatic hydroxyl groups excluding tert-OH is 1. The van der Waals surface area contributed by atoms with E-state index in [9.17, 15) is 5.11 Å². The Morgan fingerprint density at radius 2 is 2.05 bits per heavy atom. The minimum atomic E-state index is -0.622. The number of benzene rings is 1. The fourth-order valence-corrected chi connectivity index (χ4v) is 3.25. The van der Waals surface area contributed by atoms with Gasteiger partial charge in [0.2, 0.25) is 0 Å². The van der Waals surface area contributed by atoms with Gasteiger partial charge in [0, 0.05) is 16.7 Å². The molecule has 1 N–H and O–H groups in total. The number of hydrogen-bond acceptors (Lipinski definition) is 5. The largest absolute Gasteiger partial charge is 0.496 e. The second-order valence-electron chi connectivity index (χ2n) is 4.56. The standard InChI is InChI=1S/C15H15N3O2S/c1-10(19)14-11(20-2)6-5-7-12(14)21-15-17-16-13-8-3-4-9-18(13)15/h3-10,19H,1-2H3/t10-/m0/s1. The Balaban J connectivity index is 2.05. The van der Waals surface area contributed by atoms with Gasteiger partial charge in [-0.1, -0.05) is 12.1 Å². The molecule has 0 aliphatic heterocycles. The molecule has 21 heavy (non-hydrogen) atoms. The summed E-state index contributed by atoms with van der Waals surface area (Å²) in [6.45, 7) is 1.73.